The predicted molar refractivity (Wildman–Crippen MR) is 122 cm³/mol. The summed E-state index contributed by atoms with van der Waals surface area (Å²) in [5, 5.41) is 7.06. The number of rotatable bonds is 9. The molecule has 0 bridgehead atoms. The van der Waals surface area contributed by atoms with Crippen LogP contribution in [0.5, 0.6) is 0 Å². The summed E-state index contributed by atoms with van der Waals surface area (Å²) in [7, 11) is 0. The van der Waals surface area contributed by atoms with E-state index >= 15 is 0 Å². The van der Waals surface area contributed by atoms with Crippen LogP contribution in [-0.2, 0) is 16.1 Å². The van der Waals surface area contributed by atoms with Gasteiger partial charge >= 0.3 is 12.0 Å². The summed E-state index contributed by atoms with van der Waals surface area (Å²) < 4.78 is 33.3. The summed E-state index contributed by atoms with van der Waals surface area (Å²) in [5.41, 5.74) is 2.29. The van der Waals surface area contributed by atoms with E-state index in [1.165, 1.54) is 35.6 Å². The van der Waals surface area contributed by atoms with Gasteiger partial charge in [0.05, 0.1) is 18.0 Å². The van der Waals surface area contributed by atoms with Crippen LogP contribution < -0.4 is 15.4 Å². The fourth-order valence-corrected chi connectivity index (χ4v) is 3.93. The van der Waals surface area contributed by atoms with Gasteiger partial charge in [-0.25, -0.2) is 18.6 Å². The van der Waals surface area contributed by atoms with Crippen LogP contribution in [0.25, 0.3) is 11.3 Å². The van der Waals surface area contributed by atoms with Crippen molar-refractivity contribution in [2.24, 2.45) is 4.99 Å². The molecule has 1 aromatic heterocycles. The smallest absolute Gasteiger partial charge is 0.325 e. The van der Waals surface area contributed by atoms with Crippen molar-refractivity contribution in [1.29, 1.82) is 0 Å². The Morgan fingerprint density at radius 2 is 1.70 bits per heavy atom. The molecule has 0 saturated carbocycles. The SMILES string of the molecule is CCOC(=O)CNC(=O)NCCCn1c(-c2ccc(F)cc2)cs/c1=N\c1ccc(F)cc1. The molecule has 3 aromatic rings. The van der Waals surface area contributed by atoms with E-state index in [-0.39, 0.29) is 24.8 Å². The number of thiazole rings is 1. The quantitative estimate of drug-likeness (QED) is 0.363. The molecule has 174 valence electrons. The highest BCUT2D eigenvalue weighted by atomic mass is 32.1. The average molecular weight is 475 g/mol. The summed E-state index contributed by atoms with van der Waals surface area (Å²) in [5.74, 6) is -1.17. The Balaban J connectivity index is 1.71. The van der Waals surface area contributed by atoms with Crippen LogP contribution in [0.1, 0.15) is 13.3 Å². The molecule has 2 aromatic carbocycles. The number of ether oxygens (including phenoxy) is 1. The van der Waals surface area contributed by atoms with Gasteiger partial charge in [0.2, 0.25) is 0 Å². The number of hydrogen-bond acceptors (Lipinski definition) is 5. The minimum Gasteiger partial charge on any atom is -0.465 e. The number of benzene rings is 2. The molecule has 10 heteroatoms. The summed E-state index contributed by atoms with van der Waals surface area (Å²) in [6.45, 7) is 2.62. The van der Waals surface area contributed by atoms with E-state index in [4.69, 9.17) is 4.74 Å². The Labute approximate surface area is 193 Å². The van der Waals surface area contributed by atoms with Gasteiger partial charge in [0.25, 0.3) is 0 Å². The largest absolute Gasteiger partial charge is 0.465 e. The molecular weight excluding hydrogens is 450 g/mol. The fraction of sp³-hybridized carbons (Fsp3) is 0.261. The zero-order valence-corrected chi connectivity index (χ0v) is 18.8. The first-order valence-corrected chi connectivity index (χ1v) is 11.3. The second kappa shape index (κ2) is 11.9. The van der Waals surface area contributed by atoms with E-state index in [2.05, 4.69) is 15.6 Å². The lowest BCUT2D eigenvalue weighted by molar-refractivity contribution is -0.141. The molecule has 3 rings (SSSR count). The van der Waals surface area contributed by atoms with Gasteiger partial charge in [0.1, 0.15) is 18.2 Å². The topological polar surface area (TPSA) is 84.7 Å². The predicted octanol–water partition coefficient (Wildman–Crippen LogP) is 3.98. The average Bonchev–Trinajstić information content (AvgIpc) is 3.20. The van der Waals surface area contributed by atoms with Crippen molar-refractivity contribution in [3.8, 4) is 11.3 Å². The Kier molecular flexibility index (Phi) is 8.71. The maximum Gasteiger partial charge on any atom is 0.325 e. The van der Waals surface area contributed by atoms with E-state index in [0.29, 0.717) is 30.0 Å². The summed E-state index contributed by atoms with van der Waals surface area (Å²) in [4.78, 5) is 28.5. The number of nitrogens with zero attached hydrogens (tertiary/aromatic N) is 2. The van der Waals surface area contributed by atoms with Crippen molar-refractivity contribution in [3.05, 3.63) is 70.3 Å². The van der Waals surface area contributed by atoms with E-state index in [0.717, 1.165) is 11.3 Å². The van der Waals surface area contributed by atoms with Gasteiger partial charge in [-0.15, -0.1) is 11.3 Å². The Morgan fingerprint density at radius 1 is 1.03 bits per heavy atom. The van der Waals surface area contributed by atoms with Gasteiger partial charge in [0, 0.05) is 18.5 Å². The van der Waals surface area contributed by atoms with Crippen LogP contribution >= 0.6 is 11.3 Å². The lowest BCUT2D eigenvalue weighted by Gasteiger charge is -2.11. The minimum atomic E-state index is -0.502. The van der Waals surface area contributed by atoms with Gasteiger partial charge in [-0.2, -0.15) is 0 Å². The number of nitrogens with one attached hydrogen (secondary N) is 2. The van der Waals surface area contributed by atoms with Crippen molar-refractivity contribution in [3.63, 3.8) is 0 Å². The molecule has 33 heavy (non-hydrogen) atoms. The first-order chi connectivity index (χ1) is 16.0. The molecule has 0 unspecified atom stereocenters. The molecular formula is C23H24F2N4O3S. The molecule has 1 heterocycles. The number of esters is 1. The van der Waals surface area contributed by atoms with Crippen molar-refractivity contribution in [1.82, 2.24) is 15.2 Å². The summed E-state index contributed by atoms with van der Waals surface area (Å²) in [6, 6.07) is 11.6. The van der Waals surface area contributed by atoms with Crippen molar-refractivity contribution in [2.45, 2.75) is 19.9 Å². The van der Waals surface area contributed by atoms with E-state index in [1.807, 2.05) is 9.95 Å². The van der Waals surface area contributed by atoms with Crippen molar-refractivity contribution in [2.75, 3.05) is 19.7 Å². The zero-order chi connectivity index (χ0) is 23.6. The third kappa shape index (κ3) is 7.25. The standard InChI is InChI=1S/C23H24F2N4O3S/c1-2-32-21(30)14-27-22(31)26-12-3-13-29-20(16-4-6-17(24)7-5-16)15-33-23(29)28-19-10-8-18(25)9-11-19/h4-11,15H,2-3,12-14H2,1H3,(H2,26,27,31)/b28-23-. The third-order valence-electron chi connectivity index (χ3n) is 4.53. The van der Waals surface area contributed by atoms with E-state index in [1.54, 1.807) is 31.2 Å². The second-order valence-corrected chi connectivity index (χ2v) is 7.75. The molecule has 0 aliphatic rings. The van der Waals surface area contributed by atoms with Crippen LogP contribution in [0.15, 0.2) is 58.9 Å². The van der Waals surface area contributed by atoms with Gasteiger partial charge in [-0.1, -0.05) is 0 Å². The number of hydrogen-bond donors (Lipinski definition) is 2. The molecule has 0 aliphatic carbocycles. The van der Waals surface area contributed by atoms with Crippen LogP contribution in [0.4, 0.5) is 19.3 Å². The van der Waals surface area contributed by atoms with Crippen molar-refractivity contribution < 1.29 is 23.1 Å². The normalized spacial score (nSPS) is 11.3. The molecule has 0 spiro atoms. The third-order valence-corrected chi connectivity index (χ3v) is 5.40. The number of urea groups is 1. The minimum absolute atomic E-state index is 0.200. The fourth-order valence-electron chi connectivity index (χ4n) is 2.98. The molecule has 0 aliphatic heterocycles. The summed E-state index contributed by atoms with van der Waals surface area (Å²) >= 11 is 1.41. The van der Waals surface area contributed by atoms with Gasteiger partial charge in [-0.3, -0.25) is 4.79 Å². The lowest BCUT2D eigenvalue weighted by Crippen LogP contribution is -2.39. The first-order valence-electron chi connectivity index (χ1n) is 10.4. The number of amides is 2. The monoisotopic (exact) mass is 474 g/mol. The van der Waals surface area contributed by atoms with Gasteiger partial charge in [-0.05, 0) is 67.4 Å². The maximum atomic E-state index is 13.4. The molecule has 0 radical (unpaired) electrons. The van der Waals surface area contributed by atoms with Crippen molar-refractivity contribution >= 4 is 29.0 Å². The zero-order valence-electron chi connectivity index (χ0n) is 18.0. The Hall–Kier alpha value is -3.53. The van der Waals surface area contributed by atoms with Crippen LogP contribution in [-0.4, -0.2) is 36.3 Å². The molecule has 0 atom stereocenters. The molecule has 7 nitrogen and oxygen atoms in total. The molecule has 0 fully saturated rings. The highest BCUT2D eigenvalue weighted by Crippen LogP contribution is 2.21. The number of carbonyl (C=O) groups excluding carboxylic acids is 2. The van der Waals surface area contributed by atoms with Gasteiger partial charge in [0.15, 0.2) is 4.80 Å². The molecule has 0 saturated heterocycles. The second-order valence-electron chi connectivity index (χ2n) is 6.92. The lowest BCUT2D eigenvalue weighted by atomic mass is 10.1. The van der Waals surface area contributed by atoms with Gasteiger partial charge < -0.3 is 19.9 Å². The van der Waals surface area contributed by atoms with Crippen LogP contribution in [0.2, 0.25) is 0 Å². The highest BCUT2D eigenvalue weighted by molar-refractivity contribution is 7.07. The van der Waals surface area contributed by atoms with Crippen LogP contribution in [0, 0.1) is 11.6 Å². The van der Waals surface area contributed by atoms with E-state index in [9.17, 15) is 18.4 Å². The molecule has 2 N–H and O–H groups in total. The van der Waals surface area contributed by atoms with E-state index < -0.39 is 12.0 Å². The number of aromatic nitrogens is 1. The Morgan fingerprint density at radius 3 is 2.36 bits per heavy atom. The highest BCUT2D eigenvalue weighted by Gasteiger charge is 2.10. The first kappa shape index (κ1) is 24.1. The molecule has 2 amide bonds. The Bertz CT molecular complexity index is 1140. The number of carbonyl (C=O) groups is 2. The maximum absolute atomic E-state index is 13.4. The van der Waals surface area contributed by atoms with Crippen LogP contribution in [0.3, 0.4) is 0 Å². The number of halogens is 2. The summed E-state index contributed by atoms with van der Waals surface area (Å²) in [6.07, 6.45) is 0.578.